The van der Waals surface area contributed by atoms with E-state index >= 15 is 0 Å². The smallest absolute Gasteiger partial charge is 0.251 e. The molecule has 3 N–H and O–H groups in total. The summed E-state index contributed by atoms with van der Waals surface area (Å²) in [5.41, 5.74) is 3.08. The third kappa shape index (κ3) is 5.48. The first-order valence-electron chi connectivity index (χ1n) is 9.85. The van der Waals surface area contributed by atoms with E-state index in [4.69, 9.17) is 16.3 Å². The molecule has 0 aliphatic heterocycles. The molecule has 0 fully saturated rings. The average Bonchev–Trinajstić information content (AvgIpc) is 3.30. The zero-order valence-electron chi connectivity index (χ0n) is 17.6. The van der Waals surface area contributed by atoms with Gasteiger partial charge in [-0.2, -0.15) is 0 Å². The summed E-state index contributed by atoms with van der Waals surface area (Å²) in [6.45, 7) is 2.33. The summed E-state index contributed by atoms with van der Waals surface area (Å²) < 4.78 is 8.36. The molecule has 0 saturated heterocycles. The predicted molar refractivity (Wildman–Crippen MR) is 133 cm³/mol. The maximum atomic E-state index is 12.4. The molecule has 2 heterocycles. The van der Waals surface area contributed by atoms with Crippen LogP contribution < -0.4 is 16.0 Å². The van der Waals surface area contributed by atoms with Crippen LogP contribution >= 0.6 is 35.3 Å². The number of aromatic nitrogens is 3. The lowest BCUT2D eigenvalue weighted by atomic mass is 10.2. The third-order valence-corrected chi connectivity index (χ3v) is 5.91. The van der Waals surface area contributed by atoms with Gasteiger partial charge in [0.1, 0.15) is 0 Å². The van der Waals surface area contributed by atoms with E-state index in [9.17, 15) is 4.79 Å². The number of hydrogen-bond acceptors (Lipinski definition) is 7. The van der Waals surface area contributed by atoms with Crippen molar-refractivity contribution in [3.63, 3.8) is 0 Å². The van der Waals surface area contributed by atoms with Crippen molar-refractivity contribution in [3.05, 3.63) is 47.0 Å². The Morgan fingerprint density at radius 2 is 1.94 bits per heavy atom. The number of ether oxygens (including phenoxy) is 1. The number of carbonyl (C=O) groups excluding carboxylic acids is 1. The van der Waals surface area contributed by atoms with Crippen molar-refractivity contribution in [3.8, 4) is 0 Å². The van der Waals surface area contributed by atoms with E-state index in [1.807, 2.05) is 42.9 Å². The molecular weight excluding hydrogens is 471 g/mol. The number of benzene rings is 2. The van der Waals surface area contributed by atoms with E-state index in [-0.39, 0.29) is 18.3 Å². The molecule has 1 amide bonds. The Morgan fingerprint density at radius 1 is 1.12 bits per heavy atom. The van der Waals surface area contributed by atoms with Crippen molar-refractivity contribution in [2.45, 2.75) is 0 Å². The summed E-state index contributed by atoms with van der Waals surface area (Å²) in [6, 6.07) is 11.1. The molecule has 0 unspecified atom stereocenters. The van der Waals surface area contributed by atoms with E-state index in [0.29, 0.717) is 36.3 Å². The number of anilines is 2. The van der Waals surface area contributed by atoms with Gasteiger partial charge in [-0.05, 0) is 43.4 Å². The van der Waals surface area contributed by atoms with E-state index in [0.717, 1.165) is 32.9 Å². The lowest BCUT2D eigenvalue weighted by molar-refractivity contribution is 0.0917. The summed E-state index contributed by atoms with van der Waals surface area (Å²) in [5, 5.41) is 10.6. The standard InChI is InChI=1S/C21H23ClN6O2S.ClH/c1-23-7-9-30-10-8-24-19(29)13-3-6-17-16(11-13)25-20(28(17)2)27-21-26-15-5-4-14(22)12-18(15)31-21;/h3-6,11-12,23H,7-10H2,1-2H3,(H,24,29)(H,25,26,27);1H. The molecule has 0 aliphatic carbocycles. The van der Waals surface area contributed by atoms with Gasteiger partial charge < -0.3 is 25.3 Å². The van der Waals surface area contributed by atoms with Crippen molar-refractivity contribution in [1.29, 1.82) is 0 Å². The lowest BCUT2D eigenvalue weighted by Gasteiger charge is -2.06. The van der Waals surface area contributed by atoms with Gasteiger partial charge in [-0.25, -0.2) is 9.97 Å². The summed E-state index contributed by atoms with van der Waals surface area (Å²) in [7, 11) is 3.79. The van der Waals surface area contributed by atoms with Gasteiger partial charge in [0.15, 0.2) is 5.13 Å². The van der Waals surface area contributed by atoms with Crippen LogP contribution in [-0.4, -0.2) is 53.8 Å². The van der Waals surface area contributed by atoms with Crippen molar-refractivity contribution >= 4 is 73.6 Å². The zero-order chi connectivity index (χ0) is 21.8. The molecule has 0 saturated carbocycles. The minimum Gasteiger partial charge on any atom is -0.378 e. The minimum atomic E-state index is -0.151. The van der Waals surface area contributed by atoms with Crippen LogP contribution in [0.3, 0.4) is 0 Å². The molecule has 4 rings (SSSR count). The van der Waals surface area contributed by atoms with Gasteiger partial charge in [-0.1, -0.05) is 22.9 Å². The highest BCUT2D eigenvalue weighted by molar-refractivity contribution is 7.22. The molecule has 0 radical (unpaired) electrons. The SMILES string of the molecule is CNCCOCCNC(=O)c1ccc2c(c1)nc(Nc1nc3ccc(Cl)cc3s1)n2C.Cl. The Kier molecular flexibility index (Phi) is 8.27. The number of hydrogen-bond donors (Lipinski definition) is 3. The highest BCUT2D eigenvalue weighted by Gasteiger charge is 2.13. The second-order valence-electron chi connectivity index (χ2n) is 6.93. The quantitative estimate of drug-likeness (QED) is 0.305. The first-order valence-corrected chi connectivity index (χ1v) is 11.0. The van der Waals surface area contributed by atoms with Gasteiger partial charge >= 0.3 is 0 Å². The number of aryl methyl sites for hydroxylation is 1. The van der Waals surface area contributed by atoms with Gasteiger partial charge in [0, 0.05) is 30.7 Å². The number of carbonyl (C=O) groups is 1. The summed E-state index contributed by atoms with van der Waals surface area (Å²) in [5.74, 6) is 0.498. The van der Waals surface area contributed by atoms with Gasteiger partial charge in [0.05, 0.1) is 34.5 Å². The van der Waals surface area contributed by atoms with E-state index in [1.54, 1.807) is 12.1 Å². The number of rotatable bonds is 9. The molecule has 0 spiro atoms. The van der Waals surface area contributed by atoms with Gasteiger partial charge in [0.25, 0.3) is 5.91 Å². The first kappa shape index (κ1) is 24.2. The normalized spacial score (nSPS) is 11.0. The number of nitrogens with zero attached hydrogens (tertiary/aromatic N) is 3. The minimum absolute atomic E-state index is 0. The number of amides is 1. The third-order valence-electron chi connectivity index (χ3n) is 4.74. The molecule has 0 bridgehead atoms. The highest BCUT2D eigenvalue weighted by atomic mass is 35.5. The van der Waals surface area contributed by atoms with Crippen molar-refractivity contribution in [1.82, 2.24) is 25.2 Å². The van der Waals surface area contributed by atoms with Crippen LogP contribution in [0.1, 0.15) is 10.4 Å². The zero-order valence-corrected chi connectivity index (χ0v) is 20.0. The number of fused-ring (bicyclic) bond motifs is 2. The summed E-state index contributed by atoms with van der Waals surface area (Å²) in [4.78, 5) is 21.7. The van der Waals surface area contributed by atoms with E-state index in [2.05, 4.69) is 25.9 Å². The molecular formula is C21H24Cl2N6O2S. The monoisotopic (exact) mass is 494 g/mol. The lowest BCUT2D eigenvalue weighted by Crippen LogP contribution is -2.28. The first-order chi connectivity index (χ1) is 15.0. The van der Waals surface area contributed by atoms with Crippen LogP contribution in [0, 0.1) is 0 Å². The van der Waals surface area contributed by atoms with Crippen LogP contribution in [0.4, 0.5) is 11.1 Å². The van der Waals surface area contributed by atoms with Gasteiger partial charge in [0.2, 0.25) is 5.95 Å². The molecule has 0 atom stereocenters. The average molecular weight is 495 g/mol. The Labute approximate surface area is 200 Å². The van der Waals surface area contributed by atoms with E-state index in [1.165, 1.54) is 11.3 Å². The second-order valence-corrected chi connectivity index (χ2v) is 8.39. The number of imidazole rings is 1. The van der Waals surface area contributed by atoms with Gasteiger partial charge in [-0.3, -0.25) is 4.79 Å². The summed E-state index contributed by atoms with van der Waals surface area (Å²) >= 11 is 7.58. The molecule has 0 aliphatic rings. The van der Waals surface area contributed by atoms with Crippen molar-refractivity contribution < 1.29 is 9.53 Å². The number of likely N-dealkylation sites (N-methyl/N-ethyl adjacent to an activating group) is 1. The number of nitrogens with one attached hydrogen (secondary N) is 3. The molecule has 170 valence electrons. The topological polar surface area (TPSA) is 93.1 Å². The van der Waals surface area contributed by atoms with E-state index < -0.39 is 0 Å². The van der Waals surface area contributed by atoms with Crippen LogP contribution in [0.25, 0.3) is 21.3 Å². The maximum absolute atomic E-state index is 12.4. The van der Waals surface area contributed by atoms with Crippen LogP contribution in [0.2, 0.25) is 5.02 Å². The molecule has 2 aromatic heterocycles. The fourth-order valence-electron chi connectivity index (χ4n) is 3.12. The molecule has 8 nitrogen and oxygen atoms in total. The molecule has 2 aromatic carbocycles. The van der Waals surface area contributed by atoms with Crippen molar-refractivity contribution in [2.75, 3.05) is 38.7 Å². The predicted octanol–water partition coefficient (Wildman–Crippen LogP) is 3.97. The fraction of sp³-hybridized carbons (Fsp3) is 0.286. The maximum Gasteiger partial charge on any atom is 0.251 e. The Bertz CT molecular complexity index is 1230. The molecule has 11 heteroatoms. The van der Waals surface area contributed by atoms with Crippen LogP contribution in [-0.2, 0) is 11.8 Å². The van der Waals surface area contributed by atoms with Crippen LogP contribution in [0.5, 0.6) is 0 Å². The molecule has 4 aromatic rings. The van der Waals surface area contributed by atoms with Crippen LogP contribution in [0.15, 0.2) is 36.4 Å². The Balaban J connectivity index is 0.00000289. The van der Waals surface area contributed by atoms with Crippen molar-refractivity contribution in [2.24, 2.45) is 7.05 Å². The van der Waals surface area contributed by atoms with Gasteiger partial charge in [-0.15, -0.1) is 12.4 Å². The Hall–Kier alpha value is -2.43. The Morgan fingerprint density at radius 3 is 2.75 bits per heavy atom. The highest BCUT2D eigenvalue weighted by Crippen LogP contribution is 2.31. The number of halogens is 2. The second kappa shape index (κ2) is 10.9. The summed E-state index contributed by atoms with van der Waals surface area (Å²) in [6.07, 6.45) is 0. The number of thiazole rings is 1. The largest absolute Gasteiger partial charge is 0.378 e. The fourth-order valence-corrected chi connectivity index (χ4v) is 4.25. The molecule has 32 heavy (non-hydrogen) atoms.